The number of alkyl halides is 4. The number of carbonyl (C=O) groups excluding carboxylic acids is 1. The zero-order chi connectivity index (χ0) is 14.2. The van der Waals surface area contributed by atoms with Crippen molar-refractivity contribution in [3.8, 4) is 0 Å². The molecule has 3 N–H and O–H groups in total. The van der Waals surface area contributed by atoms with Crippen molar-refractivity contribution in [2.75, 3.05) is 0 Å². The number of halogens is 5. The fourth-order valence-electron chi connectivity index (χ4n) is 3.37. The summed E-state index contributed by atoms with van der Waals surface area (Å²) >= 11 is 0. The Bertz CT molecular complexity index is 342. The summed E-state index contributed by atoms with van der Waals surface area (Å²) in [7, 11) is 0. The van der Waals surface area contributed by atoms with Crippen LogP contribution in [-0.2, 0) is 4.79 Å². The lowest BCUT2D eigenvalue weighted by Gasteiger charge is -2.45. The predicted molar refractivity (Wildman–Crippen MR) is 68.2 cm³/mol. The van der Waals surface area contributed by atoms with Gasteiger partial charge in [-0.15, -0.1) is 12.4 Å². The highest BCUT2D eigenvalue weighted by Gasteiger charge is 2.51. The summed E-state index contributed by atoms with van der Waals surface area (Å²) in [5.41, 5.74) is 5.87. The van der Waals surface area contributed by atoms with Gasteiger partial charge in [-0.3, -0.25) is 4.79 Å². The van der Waals surface area contributed by atoms with Gasteiger partial charge in [0.15, 0.2) is 0 Å². The Labute approximate surface area is 121 Å². The van der Waals surface area contributed by atoms with Crippen LogP contribution in [0.3, 0.4) is 0 Å². The standard InChI is InChI=1S/C12H18F4N2O.ClH/c13-10(14)12(15,16)11(19)18-9-6-2-1-3-7(9)5-8(17)4-6;/h6-10H,1-5,17H2,(H,18,19);1H. The van der Waals surface area contributed by atoms with E-state index in [9.17, 15) is 22.4 Å². The smallest absolute Gasteiger partial charge is 0.347 e. The summed E-state index contributed by atoms with van der Waals surface area (Å²) in [6.07, 6.45) is -0.0911. The van der Waals surface area contributed by atoms with Gasteiger partial charge in [0.25, 0.3) is 5.91 Å². The van der Waals surface area contributed by atoms with E-state index in [-0.39, 0.29) is 30.3 Å². The van der Waals surface area contributed by atoms with Crippen molar-refractivity contribution in [3.63, 3.8) is 0 Å². The lowest BCUT2D eigenvalue weighted by atomic mass is 9.67. The Hall–Kier alpha value is -0.560. The van der Waals surface area contributed by atoms with Crippen LogP contribution in [0.5, 0.6) is 0 Å². The van der Waals surface area contributed by atoms with Gasteiger partial charge in [-0.05, 0) is 37.5 Å². The molecule has 3 nitrogen and oxygen atoms in total. The maximum Gasteiger partial charge on any atom is 0.383 e. The summed E-state index contributed by atoms with van der Waals surface area (Å²) in [6, 6.07) is -0.426. The van der Waals surface area contributed by atoms with Gasteiger partial charge < -0.3 is 11.1 Å². The number of hydrogen-bond acceptors (Lipinski definition) is 2. The summed E-state index contributed by atoms with van der Waals surface area (Å²) in [6.45, 7) is 0. The lowest BCUT2D eigenvalue weighted by molar-refractivity contribution is -0.171. The number of carbonyl (C=O) groups is 1. The summed E-state index contributed by atoms with van der Waals surface area (Å²) in [5, 5.41) is 2.14. The third kappa shape index (κ3) is 3.36. The first-order valence-corrected chi connectivity index (χ1v) is 6.55. The molecule has 0 aromatic heterocycles. The highest BCUT2D eigenvalue weighted by molar-refractivity contribution is 5.85. The second-order valence-corrected chi connectivity index (χ2v) is 5.61. The second-order valence-electron chi connectivity index (χ2n) is 5.61. The van der Waals surface area contributed by atoms with E-state index >= 15 is 0 Å². The topological polar surface area (TPSA) is 55.1 Å². The molecule has 0 saturated heterocycles. The van der Waals surface area contributed by atoms with Crippen molar-refractivity contribution >= 4 is 18.3 Å². The lowest BCUT2D eigenvalue weighted by Crippen LogP contribution is -2.57. The minimum absolute atomic E-state index is 0. The molecule has 0 radical (unpaired) electrons. The van der Waals surface area contributed by atoms with Crippen molar-refractivity contribution in [2.24, 2.45) is 17.6 Å². The second kappa shape index (κ2) is 6.47. The first kappa shape index (κ1) is 17.5. The van der Waals surface area contributed by atoms with E-state index in [0.29, 0.717) is 12.8 Å². The molecule has 1 amide bonds. The third-order valence-electron chi connectivity index (χ3n) is 4.25. The quantitative estimate of drug-likeness (QED) is 0.785. The minimum atomic E-state index is -4.62. The highest BCUT2D eigenvalue weighted by atomic mass is 35.5. The van der Waals surface area contributed by atoms with E-state index in [0.717, 1.165) is 19.3 Å². The average Bonchev–Trinajstić information content (AvgIpc) is 2.29. The molecule has 0 heterocycles. The molecule has 0 aromatic rings. The first-order chi connectivity index (χ1) is 8.82. The van der Waals surface area contributed by atoms with Crippen LogP contribution < -0.4 is 11.1 Å². The van der Waals surface area contributed by atoms with Gasteiger partial charge in [-0.2, -0.15) is 8.78 Å². The van der Waals surface area contributed by atoms with E-state index in [1.54, 1.807) is 0 Å². The van der Waals surface area contributed by atoms with E-state index in [1.165, 1.54) is 0 Å². The molecule has 2 bridgehead atoms. The van der Waals surface area contributed by atoms with Gasteiger partial charge >= 0.3 is 12.3 Å². The van der Waals surface area contributed by atoms with Gasteiger partial charge in [0, 0.05) is 12.1 Å². The molecular formula is C12H19ClF4N2O. The Morgan fingerprint density at radius 3 is 2.15 bits per heavy atom. The molecule has 2 unspecified atom stereocenters. The minimum Gasteiger partial charge on any atom is -0.347 e. The molecular weight excluding hydrogens is 300 g/mol. The number of amides is 1. The Morgan fingerprint density at radius 1 is 1.20 bits per heavy atom. The molecule has 2 aliphatic rings. The zero-order valence-corrected chi connectivity index (χ0v) is 11.6. The Kier molecular flexibility index (Phi) is 5.66. The van der Waals surface area contributed by atoms with Crippen molar-refractivity contribution < 1.29 is 22.4 Å². The predicted octanol–water partition coefficient (Wildman–Crippen LogP) is 2.33. The molecule has 2 saturated carbocycles. The maximum absolute atomic E-state index is 13.0. The van der Waals surface area contributed by atoms with Gasteiger partial charge in [0.05, 0.1) is 0 Å². The maximum atomic E-state index is 13.0. The molecule has 2 fully saturated rings. The third-order valence-corrected chi connectivity index (χ3v) is 4.25. The van der Waals surface area contributed by atoms with Gasteiger partial charge in [-0.25, -0.2) is 8.78 Å². The van der Waals surface area contributed by atoms with Gasteiger partial charge in [0.1, 0.15) is 0 Å². The Morgan fingerprint density at radius 2 is 1.70 bits per heavy atom. The van der Waals surface area contributed by atoms with Crippen molar-refractivity contribution in [1.82, 2.24) is 5.32 Å². The fraction of sp³-hybridized carbons (Fsp3) is 0.917. The van der Waals surface area contributed by atoms with E-state index in [1.807, 2.05) is 0 Å². The largest absolute Gasteiger partial charge is 0.383 e. The van der Waals surface area contributed by atoms with Gasteiger partial charge in [0.2, 0.25) is 0 Å². The molecule has 2 aliphatic carbocycles. The monoisotopic (exact) mass is 318 g/mol. The molecule has 2 atom stereocenters. The Balaban J connectivity index is 0.00000200. The van der Waals surface area contributed by atoms with Crippen LogP contribution >= 0.6 is 12.4 Å². The van der Waals surface area contributed by atoms with Crippen LogP contribution in [0.4, 0.5) is 17.6 Å². The van der Waals surface area contributed by atoms with Crippen molar-refractivity contribution in [1.29, 1.82) is 0 Å². The number of nitrogens with two attached hydrogens (primary N) is 1. The first-order valence-electron chi connectivity index (χ1n) is 6.55. The molecule has 118 valence electrons. The molecule has 8 heteroatoms. The average molecular weight is 319 g/mol. The van der Waals surface area contributed by atoms with Crippen LogP contribution in [0.2, 0.25) is 0 Å². The molecule has 0 spiro atoms. The van der Waals surface area contributed by atoms with E-state index < -0.39 is 24.3 Å². The molecule has 2 rings (SSSR count). The van der Waals surface area contributed by atoms with Crippen LogP contribution in [-0.4, -0.2) is 30.3 Å². The van der Waals surface area contributed by atoms with Crippen LogP contribution in [0, 0.1) is 11.8 Å². The molecule has 0 aromatic carbocycles. The summed E-state index contributed by atoms with van der Waals surface area (Å²) in [5.74, 6) is -6.42. The van der Waals surface area contributed by atoms with Crippen LogP contribution in [0.25, 0.3) is 0 Å². The number of rotatable bonds is 3. The number of hydrogen-bond donors (Lipinski definition) is 2. The summed E-state index contributed by atoms with van der Waals surface area (Å²) < 4.78 is 50.2. The van der Waals surface area contributed by atoms with Crippen molar-refractivity contribution in [2.45, 2.75) is 56.5 Å². The molecule has 0 aliphatic heterocycles. The number of fused-ring (bicyclic) bond motifs is 2. The summed E-state index contributed by atoms with van der Waals surface area (Å²) in [4.78, 5) is 11.3. The van der Waals surface area contributed by atoms with Crippen molar-refractivity contribution in [3.05, 3.63) is 0 Å². The highest BCUT2D eigenvalue weighted by Crippen LogP contribution is 2.40. The van der Waals surface area contributed by atoms with Crippen LogP contribution in [0.15, 0.2) is 0 Å². The van der Waals surface area contributed by atoms with Crippen LogP contribution in [0.1, 0.15) is 32.1 Å². The van der Waals surface area contributed by atoms with Gasteiger partial charge in [-0.1, -0.05) is 6.42 Å². The van der Waals surface area contributed by atoms with E-state index in [2.05, 4.69) is 5.32 Å². The SMILES string of the molecule is Cl.NC1CC2CCCC(C1)C2NC(=O)C(F)(F)C(F)F. The fourth-order valence-corrected chi connectivity index (χ4v) is 3.37. The van der Waals surface area contributed by atoms with E-state index in [4.69, 9.17) is 5.73 Å². The zero-order valence-electron chi connectivity index (χ0n) is 10.8. The number of nitrogens with one attached hydrogen (secondary N) is 1. The molecule has 20 heavy (non-hydrogen) atoms. The normalized spacial score (nSPS) is 33.5.